The molecular formula is C16H23F2NO. The SMILES string of the molecule is CC(C)CN(CC(=O)c1cc(F)ccc1F)CC(C)C. The lowest BCUT2D eigenvalue weighted by atomic mass is 10.1. The van der Waals surface area contributed by atoms with Gasteiger partial charge in [0.25, 0.3) is 0 Å². The van der Waals surface area contributed by atoms with E-state index in [2.05, 4.69) is 27.7 Å². The molecule has 0 aliphatic rings. The Hall–Kier alpha value is -1.29. The van der Waals surface area contributed by atoms with Crippen molar-refractivity contribution in [3.8, 4) is 0 Å². The lowest BCUT2D eigenvalue weighted by Gasteiger charge is -2.25. The highest BCUT2D eigenvalue weighted by molar-refractivity contribution is 5.97. The molecule has 0 saturated carbocycles. The molecule has 4 heteroatoms. The first-order chi connectivity index (χ1) is 9.29. The normalized spacial score (nSPS) is 11.7. The van der Waals surface area contributed by atoms with Crippen LogP contribution in [0.5, 0.6) is 0 Å². The van der Waals surface area contributed by atoms with Crippen molar-refractivity contribution in [2.45, 2.75) is 27.7 Å². The van der Waals surface area contributed by atoms with Gasteiger partial charge in [0.2, 0.25) is 0 Å². The molecule has 0 bridgehead atoms. The Morgan fingerprint density at radius 2 is 1.65 bits per heavy atom. The van der Waals surface area contributed by atoms with Crippen molar-refractivity contribution in [3.05, 3.63) is 35.4 Å². The van der Waals surface area contributed by atoms with Gasteiger partial charge in [-0.1, -0.05) is 27.7 Å². The number of carbonyl (C=O) groups is 1. The van der Waals surface area contributed by atoms with Crippen molar-refractivity contribution in [2.24, 2.45) is 11.8 Å². The van der Waals surface area contributed by atoms with Crippen LogP contribution in [0.15, 0.2) is 18.2 Å². The highest BCUT2D eigenvalue weighted by Crippen LogP contribution is 2.12. The van der Waals surface area contributed by atoms with E-state index in [9.17, 15) is 13.6 Å². The third-order valence-electron chi connectivity index (χ3n) is 2.84. The summed E-state index contributed by atoms with van der Waals surface area (Å²) >= 11 is 0. The van der Waals surface area contributed by atoms with Crippen LogP contribution in [0.4, 0.5) is 8.78 Å². The number of Topliss-reactive ketones (excluding diaryl/α,β-unsaturated/α-hetero) is 1. The van der Waals surface area contributed by atoms with Gasteiger partial charge in [-0.3, -0.25) is 9.69 Å². The quantitative estimate of drug-likeness (QED) is 0.710. The fourth-order valence-electron chi connectivity index (χ4n) is 2.24. The van der Waals surface area contributed by atoms with E-state index in [0.29, 0.717) is 11.8 Å². The molecule has 20 heavy (non-hydrogen) atoms. The van der Waals surface area contributed by atoms with Crippen molar-refractivity contribution in [1.29, 1.82) is 0 Å². The molecule has 2 nitrogen and oxygen atoms in total. The summed E-state index contributed by atoms with van der Waals surface area (Å²) < 4.78 is 26.7. The fourth-order valence-corrected chi connectivity index (χ4v) is 2.24. The Balaban J connectivity index is 2.81. The van der Waals surface area contributed by atoms with E-state index >= 15 is 0 Å². The Morgan fingerprint density at radius 3 is 2.15 bits per heavy atom. The fraction of sp³-hybridized carbons (Fsp3) is 0.562. The topological polar surface area (TPSA) is 20.3 Å². The number of rotatable bonds is 7. The molecule has 0 heterocycles. The summed E-state index contributed by atoms with van der Waals surface area (Å²) in [6, 6.07) is 2.99. The van der Waals surface area contributed by atoms with Crippen LogP contribution in [0.3, 0.4) is 0 Å². The molecule has 0 fully saturated rings. The van der Waals surface area contributed by atoms with Crippen LogP contribution in [0.2, 0.25) is 0 Å². The van der Waals surface area contributed by atoms with Crippen molar-refractivity contribution in [2.75, 3.05) is 19.6 Å². The molecule has 0 aliphatic carbocycles. The molecule has 1 aromatic rings. The molecule has 1 aromatic carbocycles. The number of benzene rings is 1. The maximum Gasteiger partial charge on any atom is 0.179 e. The standard InChI is InChI=1S/C16H23F2NO/c1-11(2)8-19(9-12(3)4)10-16(20)14-7-13(17)5-6-15(14)18/h5-7,11-12H,8-10H2,1-4H3. The smallest absolute Gasteiger partial charge is 0.179 e. The van der Waals surface area contributed by atoms with Crippen LogP contribution < -0.4 is 0 Å². The largest absolute Gasteiger partial charge is 0.295 e. The summed E-state index contributed by atoms with van der Waals surface area (Å²) in [6.45, 7) is 9.93. The van der Waals surface area contributed by atoms with Gasteiger partial charge in [0.15, 0.2) is 5.78 Å². The van der Waals surface area contributed by atoms with Gasteiger partial charge in [0.05, 0.1) is 12.1 Å². The van der Waals surface area contributed by atoms with Gasteiger partial charge in [-0.25, -0.2) is 8.78 Å². The van der Waals surface area contributed by atoms with Gasteiger partial charge in [-0.05, 0) is 30.0 Å². The van der Waals surface area contributed by atoms with Crippen molar-refractivity contribution < 1.29 is 13.6 Å². The summed E-state index contributed by atoms with van der Waals surface area (Å²) in [5, 5.41) is 0. The maximum absolute atomic E-state index is 13.6. The minimum atomic E-state index is -0.662. The van der Waals surface area contributed by atoms with Gasteiger partial charge in [-0.15, -0.1) is 0 Å². The molecule has 0 atom stereocenters. The first kappa shape index (κ1) is 16.8. The maximum atomic E-state index is 13.6. The summed E-state index contributed by atoms with van der Waals surface area (Å²) in [6.07, 6.45) is 0. The van der Waals surface area contributed by atoms with Crippen LogP contribution in [0.25, 0.3) is 0 Å². The summed E-state index contributed by atoms with van der Waals surface area (Å²) in [5.74, 6) is -0.791. The van der Waals surface area contributed by atoms with Gasteiger partial charge in [-0.2, -0.15) is 0 Å². The molecule has 0 N–H and O–H groups in total. The number of hydrogen-bond donors (Lipinski definition) is 0. The number of nitrogens with zero attached hydrogens (tertiary/aromatic N) is 1. The van der Waals surface area contributed by atoms with Crippen LogP contribution in [-0.4, -0.2) is 30.3 Å². The van der Waals surface area contributed by atoms with Crippen molar-refractivity contribution >= 4 is 5.78 Å². The highest BCUT2D eigenvalue weighted by atomic mass is 19.1. The van der Waals surface area contributed by atoms with Crippen LogP contribution in [0, 0.1) is 23.5 Å². The second-order valence-corrected chi connectivity index (χ2v) is 6.03. The van der Waals surface area contributed by atoms with E-state index < -0.39 is 11.6 Å². The van der Waals surface area contributed by atoms with Crippen LogP contribution in [-0.2, 0) is 0 Å². The average Bonchev–Trinajstić information content (AvgIpc) is 2.30. The lowest BCUT2D eigenvalue weighted by molar-refractivity contribution is 0.0908. The molecular weight excluding hydrogens is 260 g/mol. The Labute approximate surface area is 119 Å². The minimum Gasteiger partial charge on any atom is -0.295 e. The zero-order chi connectivity index (χ0) is 15.3. The molecule has 112 valence electrons. The number of halogens is 2. The third kappa shape index (κ3) is 5.37. The summed E-state index contributed by atoms with van der Waals surface area (Å²) in [5.41, 5.74) is -0.164. The van der Waals surface area contributed by atoms with Gasteiger partial charge in [0, 0.05) is 13.1 Å². The summed E-state index contributed by atoms with van der Waals surface area (Å²) in [7, 11) is 0. The minimum absolute atomic E-state index is 0.122. The van der Waals surface area contributed by atoms with Crippen LogP contribution >= 0.6 is 0 Å². The predicted molar refractivity (Wildman–Crippen MR) is 76.8 cm³/mol. The Morgan fingerprint density at radius 1 is 1.10 bits per heavy atom. The average molecular weight is 283 g/mol. The van der Waals surface area contributed by atoms with Gasteiger partial charge < -0.3 is 0 Å². The van der Waals surface area contributed by atoms with Gasteiger partial charge in [0.1, 0.15) is 11.6 Å². The predicted octanol–water partition coefficient (Wildman–Crippen LogP) is 3.76. The first-order valence-corrected chi connectivity index (χ1v) is 7.00. The zero-order valence-corrected chi connectivity index (χ0v) is 12.6. The summed E-state index contributed by atoms with van der Waals surface area (Å²) in [4.78, 5) is 14.1. The molecule has 0 amide bonds. The monoisotopic (exact) mass is 283 g/mol. The van der Waals surface area contributed by atoms with E-state index in [-0.39, 0.29) is 17.9 Å². The Kier molecular flexibility index (Phi) is 6.27. The second kappa shape index (κ2) is 7.48. The highest BCUT2D eigenvalue weighted by Gasteiger charge is 2.18. The molecule has 0 aliphatic heterocycles. The van der Waals surface area contributed by atoms with Crippen molar-refractivity contribution in [3.63, 3.8) is 0 Å². The third-order valence-corrected chi connectivity index (χ3v) is 2.84. The van der Waals surface area contributed by atoms with E-state index in [1.54, 1.807) is 0 Å². The van der Waals surface area contributed by atoms with E-state index in [4.69, 9.17) is 0 Å². The molecule has 0 unspecified atom stereocenters. The van der Waals surface area contributed by atoms with Gasteiger partial charge >= 0.3 is 0 Å². The molecule has 0 spiro atoms. The van der Waals surface area contributed by atoms with E-state index in [1.807, 2.05) is 4.90 Å². The zero-order valence-electron chi connectivity index (χ0n) is 12.6. The van der Waals surface area contributed by atoms with Crippen LogP contribution in [0.1, 0.15) is 38.1 Å². The second-order valence-electron chi connectivity index (χ2n) is 6.03. The lowest BCUT2D eigenvalue weighted by Crippen LogP contribution is -2.36. The molecule has 0 aromatic heterocycles. The molecule has 0 saturated heterocycles. The number of ketones is 1. The van der Waals surface area contributed by atoms with Crippen molar-refractivity contribution in [1.82, 2.24) is 4.90 Å². The van der Waals surface area contributed by atoms with E-state index in [1.165, 1.54) is 0 Å². The molecule has 0 radical (unpaired) electrons. The van der Waals surface area contributed by atoms with E-state index in [0.717, 1.165) is 31.3 Å². The molecule has 1 rings (SSSR count). The number of carbonyl (C=O) groups excluding carboxylic acids is 1. The first-order valence-electron chi connectivity index (χ1n) is 7.00. The number of hydrogen-bond acceptors (Lipinski definition) is 2. The Bertz CT molecular complexity index is 448.